The van der Waals surface area contributed by atoms with Gasteiger partial charge in [0.25, 0.3) is 17.7 Å². The van der Waals surface area contributed by atoms with Gasteiger partial charge in [-0.2, -0.15) is 0 Å². The number of rotatable bonds is 3. The van der Waals surface area contributed by atoms with Crippen LogP contribution >= 0.6 is 0 Å². The summed E-state index contributed by atoms with van der Waals surface area (Å²) in [7, 11) is 0. The van der Waals surface area contributed by atoms with Crippen LogP contribution in [-0.2, 0) is 14.4 Å². The SMILES string of the molecule is CCCN1C(=O)C(C)Oc2cccc(N3C(=O)C(C)=C(C)C3=O)c21. The van der Waals surface area contributed by atoms with Crippen LogP contribution in [0.15, 0.2) is 29.3 Å². The van der Waals surface area contributed by atoms with E-state index in [1.54, 1.807) is 43.9 Å². The quantitative estimate of drug-likeness (QED) is 0.799. The molecule has 0 saturated heterocycles. The van der Waals surface area contributed by atoms with Gasteiger partial charge in [-0.1, -0.05) is 13.0 Å². The van der Waals surface area contributed by atoms with Crippen molar-refractivity contribution in [3.05, 3.63) is 29.3 Å². The average molecular weight is 328 g/mol. The minimum absolute atomic E-state index is 0.169. The third-order valence-corrected chi connectivity index (χ3v) is 4.46. The zero-order valence-corrected chi connectivity index (χ0v) is 14.3. The van der Waals surface area contributed by atoms with Gasteiger partial charge in [-0.15, -0.1) is 0 Å². The van der Waals surface area contributed by atoms with Gasteiger partial charge in [-0.05, 0) is 39.3 Å². The molecule has 2 heterocycles. The first-order chi connectivity index (χ1) is 11.4. The highest BCUT2D eigenvalue weighted by molar-refractivity contribution is 6.33. The van der Waals surface area contributed by atoms with Crippen LogP contribution in [0.5, 0.6) is 5.75 Å². The number of benzene rings is 1. The molecular weight excluding hydrogens is 308 g/mol. The zero-order valence-electron chi connectivity index (χ0n) is 14.3. The van der Waals surface area contributed by atoms with E-state index in [0.29, 0.717) is 34.8 Å². The van der Waals surface area contributed by atoms with Crippen molar-refractivity contribution in [3.8, 4) is 5.75 Å². The molecule has 2 aliphatic rings. The highest BCUT2D eigenvalue weighted by atomic mass is 16.5. The lowest BCUT2D eigenvalue weighted by atomic mass is 10.1. The molecule has 0 spiro atoms. The van der Waals surface area contributed by atoms with Crippen LogP contribution in [-0.4, -0.2) is 30.4 Å². The lowest BCUT2D eigenvalue weighted by molar-refractivity contribution is -0.126. The van der Waals surface area contributed by atoms with E-state index in [0.717, 1.165) is 11.3 Å². The molecule has 0 N–H and O–H groups in total. The van der Waals surface area contributed by atoms with Crippen molar-refractivity contribution < 1.29 is 19.1 Å². The van der Waals surface area contributed by atoms with Crippen LogP contribution in [0.2, 0.25) is 0 Å². The summed E-state index contributed by atoms with van der Waals surface area (Å²) < 4.78 is 5.69. The maximum atomic E-state index is 12.5. The Morgan fingerprint density at radius 2 is 1.71 bits per heavy atom. The molecule has 1 aromatic rings. The van der Waals surface area contributed by atoms with Gasteiger partial charge < -0.3 is 9.64 Å². The molecule has 3 rings (SSSR count). The minimum atomic E-state index is -0.592. The molecule has 0 aromatic heterocycles. The number of amides is 3. The molecule has 2 aliphatic heterocycles. The lowest BCUT2D eigenvalue weighted by Gasteiger charge is -2.35. The lowest BCUT2D eigenvalue weighted by Crippen LogP contribution is -2.46. The van der Waals surface area contributed by atoms with Crippen molar-refractivity contribution >= 4 is 29.1 Å². The van der Waals surface area contributed by atoms with Gasteiger partial charge in [0.1, 0.15) is 11.4 Å². The summed E-state index contributed by atoms with van der Waals surface area (Å²) in [5.74, 6) is -0.366. The van der Waals surface area contributed by atoms with E-state index in [-0.39, 0.29) is 17.7 Å². The number of imide groups is 1. The molecule has 1 unspecified atom stereocenters. The monoisotopic (exact) mass is 328 g/mol. The number of carbonyl (C=O) groups is 3. The van der Waals surface area contributed by atoms with Crippen LogP contribution in [0.1, 0.15) is 34.1 Å². The molecule has 0 radical (unpaired) electrons. The second kappa shape index (κ2) is 5.78. The number of fused-ring (bicyclic) bond motifs is 1. The molecule has 6 heteroatoms. The molecule has 6 nitrogen and oxygen atoms in total. The third kappa shape index (κ3) is 2.21. The molecule has 1 aromatic carbocycles. The van der Waals surface area contributed by atoms with Gasteiger partial charge in [0.15, 0.2) is 6.10 Å². The summed E-state index contributed by atoms with van der Waals surface area (Å²) >= 11 is 0. The summed E-state index contributed by atoms with van der Waals surface area (Å²) in [6.45, 7) is 7.44. The predicted molar refractivity (Wildman–Crippen MR) is 90.0 cm³/mol. The van der Waals surface area contributed by atoms with Crippen molar-refractivity contribution in [1.29, 1.82) is 0 Å². The van der Waals surface area contributed by atoms with E-state index in [1.807, 2.05) is 6.92 Å². The van der Waals surface area contributed by atoms with Crippen molar-refractivity contribution in [2.45, 2.75) is 40.2 Å². The van der Waals surface area contributed by atoms with E-state index >= 15 is 0 Å². The molecular formula is C18H20N2O4. The maximum Gasteiger partial charge on any atom is 0.267 e. The van der Waals surface area contributed by atoms with Crippen molar-refractivity contribution in [3.63, 3.8) is 0 Å². The summed E-state index contributed by atoms with van der Waals surface area (Å²) in [5.41, 5.74) is 1.74. The Balaban J connectivity index is 2.16. The highest BCUT2D eigenvalue weighted by Gasteiger charge is 2.40. The number of carbonyl (C=O) groups excluding carboxylic acids is 3. The van der Waals surface area contributed by atoms with Gasteiger partial charge >= 0.3 is 0 Å². The number of ether oxygens (including phenoxy) is 1. The zero-order chi connectivity index (χ0) is 17.6. The van der Waals surface area contributed by atoms with E-state index in [2.05, 4.69) is 0 Å². The van der Waals surface area contributed by atoms with Crippen LogP contribution in [0.4, 0.5) is 11.4 Å². The summed E-state index contributed by atoms with van der Waals surface area (Å²) in [6.07, 6.45) is 0.163. The Morgan fingerprint density at radius 1 is 1.08 bits per heavy atom. The maximum absolute atomic E-state index is 12.5. The van der Waals surface area contributed by atoms with Gasteiger partial charge in [-0.25, -0.2) is 4.90 Å². The fourth-order valence-corrected chi connectivity index (χ4v) is 3.04. The molecule has 24 heavy (non-hydrogen) atoms. The standard InChI is InChI=1S/C18H20N2O4/c1-5-9-19-15-13(20-16(21)10(2)11(3)17(20)22)7-6-8-14(15)24-12(4)18(19)23/h6-8,12H,5,9H2,1-4H3. The second-order valence-electron chi connectivity index (χ2n) is 6.07. The Hall–Kier alpha value is -2.63. The average Bonchev–Trinajstić information content (AvgIpc) is 2.75. The first kappa shape index (κ1) is 16.2. The Bertz CT molecular complexity index is 757. The Kier molecular flexibility index (Phi) is 3.91. The van der Waals surface area contributed by atoms with Crippen LogP contribution < -0.4 is 14.5 Å². The van der Waals surface area contributed by atoms with Crippen molar-refractivity contribution in [2.75, 3.05) is 16.3 Å². The predicted octanol–water partition coefficient (Wildman–Crippen LogP) is 2.42. The summed E-state index contributed by atoms with van der Waals surface area (Å²) in [5, 5.41) is 0. The van der Waals surface area contributed by atoms with Gasteiger partial charge in [0.2, 0.25) is 0 Å². The first-order valence-electron chi connectivity index (χ1n) is 8.05. The highest BCUT2D eigenvalue weighted by Crippen LogP contribution is 2.44. The Morgan fingerprint density at radius 3 is 2.29 bits per heavy atom. The summed E-state index contributed by atoms with van der Waals surface area (Å²) in [6, 6.07) is 5.16. The Labute approximate surface area is 140 Å². The molecule has 1 atom stereocenters. The molecule has 0 fully saturated rings. The van der Waals surface area contributed by atoms with Crippen molar-refractivity contribution in [1.82, 2.24) is 0 Å². The second-order valence-corrected chi connectivity index (χ2v) is 6.07. The number of para-hydroxylation sites is 1. The van der Waals surface area contributed by atoms with Crippen LogP contribution in [0.25, 0.3) is 0 Å². The number of anilines is 2. The van der Waals surface area contributed by atoms with Gasteiger partial charge in [-0.3, -0.25) is 14.4 Å². The molecule has 0 aliphatic carbocycles. The number of hydrogen-bond donors (Lipinski definition) is 0. The first-order valence-corrected chi connectivity index (χ1v) is 8.05. The topological polar surface area (TPSA) is 66.9 Å². The minimum Gasteiger partial charge on any atom is -0.479 e. The fourth-order valence-electron chi connectivity index (χ4n) is 3.04. The van der Waals surface area contributed by atoms with E-state index in [1.165, 1.54) is 0 Å². The normalized spacial score (nSPS) is 20.7. The van der Waals surface area contributed by atoms with Gasteiger partial charge in [0, 0.05) is 17.7 Å². The van der Waals surface area contributed by atoms with Gasteiger partial charge in [0.05, 0.1) is 5.69 Å². The van der Waals surface area contributed by atoms with Crippen LogP contribution in [0.3, 0.4) is 0 Å². The molecule has 0 saturated carbocycles. The fraction of sp³-hybridized carbons (Fsp3) is 0.389. The summed E-state index contributed by atoms with van der Waals surface area (Å²) in [4.78, 5) is 40.3. The molecule has 0 bridgehead atoms. The molecule has 126 valence electrons. The van der Waals surface area contributed by atoms with E-state index < -0.39 is 6.10 Å². The van der Waals surface area contributed by atoms with E-state index in [4.69, 9.17) is 4.74 Å². The van der Waals surface area contributed by atoms with Crippen LogP contribution in [0, 0.1) is 0 Å². The molecule has 3 amide bonds. The number of hydrogen-bond acceptors (Lipinski definition) is 4. The largest absolute Gasteiger partial charge is 0.479 e. The third-order valence-electron chi connectivity index (χ3n) is 4.46. The number of nitrogens with zero attached hydrogens (tertiary/aromatic N) is 2. The van der Waals surface area contributed by atoms with Crippen molar-refractivity contribution in [2.24, 2.45) is 0 Å². The van der Waals surface area contributed by atoms with E-state index in [9.17, 15) is 14.4 Å². The smallest absolute Gasteiger partial charge is 0.267 e.